The summed E-state index contributed by atoms with van der Waals surface area (Å²) in [6.07, 6.45) is 5.92. The van der Waals surface area contributed by atoms with Gasteiger partial charge in [0, 0.05) is 31.7 Å². The predicted octanol–water partition coefficient (Wildman–Crippen LogP) is 4.32. The van der Waals surface area contributed by atoms with E-state index in [9.17, 15) is 9.59 Å². The zero-order valence-corrected chi connectivity index (χ0v) is 20.3. The molecule has 0 bridgehead atoms. The molecular formula is C25H30N6O4. The first-order valence-electron chi connectivity index (χ1n) is 12.0. The van der Waals surface area contributed by atoms with Gasteiger partial charge >= 0.3 is 6.09 Å². The first-order valence-corrected chi connectivity index (χ1v) is 12.0. The van der Waals surface area contributed by atoms with E-state index in [1.807, 2.05) is 49.7 Å². The Morgan fingerprint density at radius 1 is 1.06 bits per heavy atom. The van der Waals surface area contributed by atoms with Gasteiger partial charge in [0.15, 0.2) is 5.65 Å². The summed E-state index contributed by atoms with van der Waals surface area (Å²) in [6, 6.07) is 7.57. The standard InChI is InChI=1S/C25H30N6O4/c1-25(2,3)35-24(33)29-13-10-18(11-14-29)31-22-20(15-28-31)23(27-16-26-22)34-19-8-6-17(7-9-19)30-12-4-5-21(30)32/h6-9,15-16,18H,4-5,10-14H2,1-3H3. The van der Waals surface area contributed by atoms with E-state index < -0.39 is 5.60 Å². The molecule has 184 valence electrons. The van der Waals surface area contributed by atoms with Crippen LogP contribution in [0, 0.1) is 0 Å². The van der Waals surface area contributed by atoms with Crippen LogP contribution in [0.15, 0.2) is 36.8 Å². The first-order chi connectivity index (χ1) is 16.8. The van der Waals surface area contributed by atoms with Crippen LogP contribution in [0.25, 0.3) is 11.0 Å². The second kappa shape index (κ2) is 9.16. The molecule has 2 aliphatic heterocycles. The summed E-state index contributed by atoms with van der Waals surface area (Å²) in [5.41, 5.74) is 1.06. The summed E-state index contributed by atoms with van der Waals surface area (Å²) < 4.78 is 13.5. The fourth-order valence-electron chi connectivity index (χ4n) is 4.54. The summed E-state index contributed by atoms with van der Waals surface area (Å²) in [5, 5.41) is 5.30. The topological polar surface area (TPSA) is 103 Å². The molecule has 2 aromatic heterocycles. The quantitative estimate of drug-likeness (QED) is 0.550. The monoisotopic (exact) mass is 478 g/mol. The van der Waals surface area contributed by atoms with E-state index >= 15 is 0 Å². The highest BCUT2D eigenvalue weighted by atomic mass is 16.6. The molecule has 0 atom stereocenters. The summed E-state index contributed by atoms with van der Waals surface area (Å²) in [7, 11) is 0. The molecule has 35 heavy (non-hydrogen) atoms. The van der Waals surface area contributed by atoms with Crippen LogP contribution >= 0.6 is 0 Å². The molecule has 0 radical (unpaired) electrons. The lowest BCUT2D eigenvalue weighted by Crippen LogP contribution is -2.42. The molecule has 5 rings (SSSR count). The number of hydrogen-bond acceptors (Lipinski definition) is 7. The van der Waals surface area contributed by atoms with Crippen LogP contribution in [-0.2, 0) is 9.53 Å². The van der Waals surface area contributed by atoms with E-state index in [1.54, 1.807) is 16.0 Å². The predicted molar refractivity (Wildman–Crippen MR) is 130 cm³/mol. The molecule has 0 saturated carbocycles. The number of carbonyl (C=O) groups is 2. The second-order valence-electron chi connectivity index (χ2n) is 9.95. The molecule has 10 nitrogen and oxygen atoms in total. The van der Waals surface area contributed by atoms with E-state index in [-0.39, 0.29) is 18.0 Å². The molecular weight excluding hydrogens is 448 g/mol. The molecule has 0 unspecified atom stereocenters. The number of likely N-dealkylation sites (tertiary alicyclic amines) is 1. The SMILES string of the molecule is CC(C)(C)OC(=O)N1CCC(n2ncc3c(Oc4ccc(N5CCCC5=O)cc4)ncnc32)CC1. The minimum Gasteiger partial charge on any atom is -0.444 e. The van der Waals surface area contributed by atoms with Crippen molar-refractivity contribution in [2.45, 2.75) is 58.1 Å². The van der Waals surface area contributed by atoms with Gasteiger partial charge in [-0.3, -0.25) is 4.79 Å². The maximum atomic E-state index is 12.4. The Morgan fingerprint density at radius 3 is 2.46 bits per heavy atom. The third-order valence-corrected chi connectivity index (χ3v) is 6.25. The van der Waals surface area contributed by atoms with Crippen molar-refractivity contribution in [3.63, 3.8) is 0 Å². The number of benzene rings is 1. The van der Waals surface area contributed by atoms with E-state index in [4.69, 9.17) is 9.47 Å². The maximum Gasteiger partial charge on any atom is 0.410 e. The van der Waals surface area contributed by atoms with Gasteiger partial charge in [-0.1, -0.05) is 0 Å². The number of piperidine rings is 1. The van der Waals surface area contributed by atoms with E-state index in [1.165, 1.54) is 6.33 Å². The molecule has 2 fully saturated rings. The van der Waals surface area contributed by atoms with Crippen LogP contribution in [-0.4, -0.2) is 61.9 Å². The lowest BCUT2D eigenvalue weighted by molar-refractivity contribution is -0.117. The molecule has 2 aliphatic rings. The van der Waals surface area contributed by atoms with Crippen LogP contribution in [0.1, 0.15) is 52.5 Å². The van der Waals surface area contributed by atoms with Crippen molar-refractivity contribution in [2.75, 3.05) is 24.5 Å². The number of rotatable bonds is 4. The summed E-state index contributed by atoms with van der Waals surface area (Å²) >= 11 is 0. The van der Waals surface area contributed by atoms with Crippen molar-refractivity contribution in [3.8, 4) is 11.6 Å². The molecule has 1 aromatic carbocycles. The number of ether oxygens (including phenoxy) is 2. The van der Waals surface area contributed by atoms with E-state index in [0.717, 1.165) is 36.9 Å². The highest BCUT2D eigenvalue weighted by Gasteiger charge is 2.29. The average molecular weight is 479 g/mol. The highest BCUT2D eigenvalue weighted by molar-refractivity contribution is 5.95. The van der Waals surface area contributed by atoms with Gasteiger partial charge in [0.05, 0.1) is 12.2 Å². The van der Waals surface area contributed by atoms with Gasteiger partial charge in [-0.2, -0.15) is 5.10 Å². The van der Waals surface area contributed by atoms with Crippen LogP contribution in [0.4, 0.5) is 10.5 Å². The number of nitrogens with zero attached hydrogens (tertiary/aromatic N) is 6. The minimum atomic E-state index is -0.509. The normalized spacial score (nSPS) is 17.3. The Kier molecular flexibility index (Phi) is 6.04. The first kappa shape index (κ1) is 23.1. The largest absolute Gasteiger partial charge is 0.444 e. The lowest BCUT2D eigenvalue weighted by Gasteiger charge is -2.33. The number of fused-ring (bicyclic) bond motifs is 1. The van der Waals surface area contributed by atoms with Crippen LogP contribution in [0.5, 0.6) is 11.6 Å². The van der Waals surface area contributed by atoms with Gasteiger partial charge in [0.25, 0.3) is 0 Å². The average Bonchev–Trinajstić information content (AvgIpc) is 3.45. The van der Waals surface area contributed by atoms with Gasteiger partial charge < -0.3 is 19.3 Å². The Hall–Kier alpha value is -3.69. The molecule has 10 heteroatoms. The van der Waals surface area contributed by atoms with Crippen molar-refractivity contribution in [1.82, 2.24) is 24.6 Å². The molecule has 0 N–H and O–H groups in total. The van der Waals surface area contributed by atoms with Gasteiger partial charge in [0.1, 0.15) is 23.1 Å². The van der Waals surface area contributed by atoms with Crippen LogP contribution < -0.4 is 9.64 Å². The van der Waals surface area contributed by atoms with Crippen molar-refractivity contribution in [1.29, 1.82) is 0 Å². The van der Waals surface area contributed by atoms with Gasteiger partial charge in [-0.15, -0.1) is 0 Å². The lowest BCUT2D eigenvalue weighted by atomic mass is 10.1. The van der Waals surface area contributed by atoms with Crippen molar-refractivity contribution in [2.24, 2.45) is 0 Å². The number of aromatic nitrogens is 4. The third kappa shape index (κ3) is 4.91. The zero-order valence-electron chi connectivity index (χ0n) is 20.3. The number of amides is 2. The molecule has 4 heterocycles. The van der Waals surface area contributed by atoms with E-state index in [0.29, 0.717) is 36.8 Å². The van der Waals surface area contributed by atoms with Crippen LogP contribution in [0.3, 0.4) is 0 Å². The highest BCUT2D eigenvalue weighted by Crippen LogP contribution is 2.32. The Morgan fingerprint density at radius 2 is 1.80 bits per heavy atom. The molecule has 0 aliphatic carbocycles. The zero-order chi connectivity index (χ0) is 24.6. The maximum absolute atomic E-state index is 12.4. The van der Waals surface area contributed by atoms with Gasteiger partial charge in [0.2, 0.25) is 11.8 Å². The number of hydrogen-bond donors (Lipinski definition) is 0. The molecule has 3 aromatic rings. The molecule has 0 spiro atoms. The Bertz CT molecular complexity index is 1220. The summed E-state index contributed by atoms with van der Waals surface area (Å²) in [4.78, 5) is 36.7. The fourth-order valence-corrected chi connectivity index (χ4v) is 4.54. The summed E-state index contributed by atoms with van der Waals surface area (Å²) in [5.74, 6) is 1.21. The fraction of sp³-hybridized carbons (Fsp3) is 0.480. The van der Waals surface area contributed by atoms with Crippen molar-refractivity contribution >= 4 is 28.7 Å². The van der Waals surface area contributed by atoms with Crippen LogP contribution in [0.2, 0.25) is 0 Å². The third-order valence-electron chi connectivity index (χ3n) is 6.25. The molecule has 2 saturated heterocycles. The number of carbonyl (C=O) groups excluding carboxylic acids is 2. The Balaban J connectivity index is 1.28. The minimum absolute atomic E-state index is 0.117. The van der Waals surface area contributed by atoms with Crippen molar-refractivity contribution in [3.05, 3.63) is 36.8 Å². The second-order valence-corrected chi connectivity index (χ2v) is 9.95. The summed E-state index contributed by atoms with van der Waals surface area (Å²) in [6.45, 7) is 7.56. The Labute approximate surface area is 203 Å². The van der Waals surface area contributed by atoms with Crippen molar-refractivity contribution < 1.29 is 19.1 Å². The van der Waals surface area contributed by atoms with Gasteiger partial charge in [-0.05, 0) is 64.3 Å². The van der Waals surface area contributed by atoms with Gasteiger partial charge in [-0.25, -0.2) is 19.4 Å². The smallest absolute Gasteiger partial charge is 0.410 e. The van der Waals surface area contributed by atoms with E-state index in [2.05, 4.69) is 15.1 Å². The number of anilines is 1. The molecule has 2 amide bonds.